The van der Waals surface area contributed by atoms with Crippen LogP contribution in [0.2, 0.25) is 0 Å². The summed E-state index contributed by atoms with van der Waals surface area (Å²) < 4.78 is 168. The second-order valence-electron chi connectivity index (χ2n) is 8.35. The molecule has 0 N–H and O–H groups in total. The fourth-order valence-corrected chi connectivity index (χ4v) is 4.25. The number of aromatic nitrogens is 4. The van der Waals surface area contributed by atoms with E-state index in [0.717, 1.165) is 0 Å². The quantitative estimate of drug-likeness (QED) is 0.127. The van der Waals surface area contributed by atoms with Crippen molar-refractivity contribution in [2.75, 3.05) is 0 Å². The average Bonchev–Trinajstić information content (AvgIpc) is 3.55. The summed E-state index contributed by atoms with van der Waals surface area (Å²) in [5, 5.41) is 0. The summed E-state index contributed by atoms with van der Waals surface area (Å²) in [5.41, 5.74) is -15.9. The van der Waals surface area contributed by atoms with Gasteiger partial charge in [-0.1, -0.05) is 24.3 Å². The van der Waals surface area contributed by atoms with Gasteiger partial charge in [0.1, 0.15) is 0 Å². The van der Waals surface area contributed by atoms with E-state index in [4.69, 9.17) is 0 Å². The van der Waals surface area contributed by atoms with Gasteiger partial charge in [0.25, 0.3) is 0 Å². The van der Waals surface area contributed by atoms with Gasteiger partial charge in [0.05, 0.1) is 45.0 Å². The third-order valence-corrected chi connectivity index (χ3v) is 5.74. The first-order chi connectivity index (χ1) is 18.4. The van der Waals surface area contributed by atoms with E-state index in [0.29, 0.717) is 48.6 Å². The molecule has 2 aliphatic heterocycles. The van der Waals surface area contributed by atoms with Crippen molar-refractivity contribution in [1.29, 1.82) is 0 Å². The van der Waals surface area contributed by atoms with Crippen LogP contribution in [0.3, 0.4) is 0 Å². The summed E-state index contributed by atoms with van der Waals surface area (Å²) in [6.45, 7) is 0. The first kappa shape index (κ1) is 30.3. The first-order valence-corrected chi connectivity index (χ1v) is 10.7. The molecule has 3 aromatic heterocycles. The second kappa shape index (κ2) is 9.74. The first-order valence-electron chi connectivity index (χ1n) is 10.7. The number of alkyl halides is 12. The standard InChI is InChI=1S/C24H8F12N4.Zn/c25-21(26,27)17-9-1-2-10(37-9)18(22(28,29)30)12-5-6-14(39-12)20(24(34,35)36)16-8-7-15(40-16)19(23(31,32)33)13-4-3-11(17)38-13;/h1-8H;/q-2;+2. The van der Waals surface area contributed by atoms with Gasteiger partial charge in [-0.2, -0.15) is 52.7 Å². The molecule has 41 heavy (non-hydrogen) atoms. The topological polar surface area (TPSA) is 54.0 Å². The largest absolute Gasteiger partial charge is 2.00 e. The molecule has 2 aliphatic rings. The molecule has 3 aromatic rings. The van der Waals surface area contributed by atoms with Gasteiger partial charge in [-0.25, -0.2) is 9.97 Å². The fraction of sp³-hybridized carbons (Fsp3) is 0.167. The molecule has 0 unspecified atom stereocenters. The van der Waals surface area contributed by atoms with Crippen LogP contribution in [-0.2, 0) is 44.2 Å². The molecule has 8 bridgehead atoms. The van der Waals surface area contributed by atoms with Crippen molar-refractivity contribution >= 4 is 46.4 Å². The van der Waals surface area contributed by atoms with Crippen LogP contribution in [0.25, 0.3) is 46.4 Å². The van der Waals surface area contributed by atoms with Crippen LogP contribution in [0, 0.1) is 0 Å². The zero-order chi connectivity index (χ0) is 29.4. The summed E-state index contributed by atoms with van der Waals surface area (Å²) in [6, 6.07) is 2.14. The molecule has 0 atom stereocenters. The van der Waals surface area contributed by atoms with Crippen LogP contribution in [0.4, 0.5) is 52.7 Å². The molecule has 5 heterocycles. The number of hydrogen-bond donors (Lipinski definition) is 0. The minimum absolute atomic E-state index is 0. The van der Waals surface area contributed by atoms with Crippen molar-refractivity contribution in [1.82, 2.24) is 19.9 Å². The molecule has 4 nitrogen and oxygen atoms in total. The van der Waals surface area contributed by atoms with Crippen molar-refractivity contribution in [2.24, 2.45) is 0 Å². The Bertz CT molecular complexity index is 1500. The van der Waals surface area contributed by atoms with Gasteiger partial charge in [-0.05, 0) is 24.3 Å². The van der Waals surface area contributed by atoms with Gasteiger partial charge in [-0.15, -0.1) is 22.1 Å². The van der Waals surface area contributed by atoms with E-state index in [2.05, 4.69) is 19.9 Å². The molecule has 0 fully saturated rings. The predicted molar refractivity (Wildman–Crippen MR) is 117 cm³/mol. The number of rotatable bonds is 0. The van der Waals surface area contributed by atoms with Gasteiger partial charge in [0, 0.05) is 0 Å². The van der Waals surface area contributed by atoms with Gasteiger partial charge in [-0.3, -0.25) is 0 Å². The van der Waals surface area contributed by atoms with Gasteiger partial charge in [0.2, 0.25) is 0 Å². The normalized spacial score (nSPS) is 14.0. The zero-order valence-corrected chi connectivity index (χ0v) is 22.6. The monoisotopic (exact) mass is 644 g/mol. The van der Waals surface area contributed by atoms with E-state index < -0.39 is 91.8 Å². The Kier molecular flexibility index (Phi) is 7.21. The maximum absolute atomic E-state index is 14.0. The van der Waals surface area contributed by atoms with E-state index in [1.54, 1.807) is 0 Å². The van der Waals surface area contributed by atoms with E-state index in [1.807, 2.05) is 0 Å². The zero-order valence-electron chi connectivity index (χ0n) is 19.7. The van der Waals surface area contributed by atoms with E-state index >= 15 is 0 Å². The number of hydrogen-bond acceptors (Lipinski definition) is 2. The molecule has 0 saturated heterocycles. The summed E-state index contributed by atoms with van der Waals surface area (Å²) in [5.74, 6) is 0. The third kappa shape index (κ3) is 5.51. The molecule has 0 aromatic carbocycles. The van der Waals surface area contributed by atoms with E-state index in [1.165, 1.54) is 0 Å². The van der Waals surface area contributed by atoms with Crippen LogP contribution in [0.15, 0.2) is 24.3 Å². The third-order valence-electron chi connectivity index (χ3n) is 5.74. The van der Waals surface area contributed by atoms with Crippen molar-refractivity contribution < 1.29 is 72.2 Å². The van der Waals surface area contributed by atoms with E-state index in [9.17, 15) is 52.7 Å². The van der Waals surface area contributed by atoms with Crippen molar-refractivity contribution in [3.8, 4) is 0 Å². The Labute approximate surface area is 232 Å². The Morgan fingerprint density at radius 3 is 0.756 bits per heavy atom. The number of nitrogens with zero attached hydrogens (tertiary/aromatic N) is 4. The molecule has 0 radical (unpaired) electrons. The maximum atomic E-state index is 14.0. The summed E-state index contributed by atoms with van der Waals surface area (Å²) in [7, 11) is 0. The molecule has 0 saturated carbocycles. The molecule has 210 valence electrons. The molecule has 17 heteroatoms. The van der Waals surface area contributed by atoms with Crippen molar-refractivity contribution in [2.45, 2.75) is 24.7 Å². The molecule has 0 spiro atoms. The number of halogens is 12. The number of fused-ring (bicyclic) bond motifs is 8. The smallest absolute Gasteiger partial charge is 0.657 e. The van der Waals surface area contributed by atoms with Crippen molar-refractivity contribution in [3.63, 3.8) is 0 Å². The minimum atomic E-state index is -5.34. The predicted octanol–water partition coefficient (Wildman–Crippen LogP) is 7.99. The Morgan fingerprint density at radius 1 is 0.390 bits per heavy atom. The summed E-state index contributed by atoms with van der Waals surface area (Å²) in [4.78, 5) is 13.5. The Balaban J connectivity index is 0.00000387. The second-order valence-corrected chi connectivity index (χ2v) is 8.35. The summed E-state index contributed by atoms with van der Waals surface area (Å²) >= 11 is 0. The SMILES string of the molecule is FC(F)(F)c1c2nc(c(C(F)(F)F)c3ccc([n-]3)c(C(F)(F)F)c3nc(c(C(F)(F)F)c4ccc1[n-]4)C=C3)C=C2.[Zn+2]. The molecular formula is C24H8F12N4Zn. The molecule has 0 amide bonds. The van der Waals surface area contributed by atoms with Crippen LogP contribution in [0.5, 0.6) is 0 Å². The summed E-state index contributed by atoms with van der Waals surface area (Å²) in [6.07, 6.45) is -19.2. The van der Waals surface area contributed by atoms with Gasteiger partial charge >= 0.3 is 44.2 Å². The molecule has 5 rings (SSSR count). The van der Waals surface area contributed by atoms with E-state index in [-0.39, 0.29) is 19.5 Å². The van der Waals surface area contributed by atoms with Gasteiger partial charge in [0.15, 0.2) is 0 Å². The maximum Gasteiger partial charge on any atom is 2.00 e. The van der Waals surface area contributed by atoms with Crippen molar-refractivity contribution in [3.05, 3.63) is 69.3 Å². The van der Waals surface area contributed by atoms with Crippen LogP contribution in [0.1, 0.15) is 45.0 Å². The molecular weight excluding hydrogens is 638 g/mol. The molecule has 0 aliphatic carbocycles. The van der Waals surface area contributed by atoms with Crippen LogP contribution in [-0.4, -0.2) is 9.97 Å². The average molecular weight is 646 g/mol. The minimum Gasteiger partial charge on any atom is -0.657 e. The van der Waals surface area contributed by atoms with Crippen LogP contribution < -0.4 is 9.97 Å². The van der Waals surface area contributed by atoms with Gasteiger partial charge < -0.3 is 9.97 Å². The van der Waals surface area contributed by atoms with Crippen LogP contribution >= 0.6 is 0 Å². The fourth-order valence-electron chi connectivity index (χ4n) is 4.25. The Morgan fingerprint density at radius 2 is 0.585 bits per heavy atom. The Hall–Kier alpha value is -3.62.